The molecular formula is C12H8BrFN4OS. The first kappa shape index (κ1) is 13.2. The first-order chi connectivity index (χ1) is 9.65. The zero-order valence-electron chi connectivity index (χ0n) is 9.93. The minimum atomic E-state index is -0.401. The van der Waals surface area contributed by atoms with Gasteiger partial charge in [-0.15, -0.1) is 11.3 Å². The van der Waals surface area contributed by atoms with Crippen LogP contribution in [0.1, 0.15) is 0 Å². The summed E-state index contributed by atoms with van der Waals surface area (Å²) >= 11 is 4.65. The minimum absolute atomic E-state index is 0.241. The molecule has 2 heterocycles. The number of hydrazine groups is 1. The largest absolute Gasteiger partial charge is 0.438 e. The van der Waals surface area contributed by atoms with Crippen LogP contribution >= 0.6 is 27.3 Å². The number of aromatic nitrogens is 2. The number of nitrogens with one attached hydrogen (secondary N) is 1. The summed E-state index contributed by atoms with van der Waals surface area (Å²) < 4.78 is 19.6. The monoisotopic (exact) mass is 354 g/mol. The lowest BCUT2D eigenvalue weighted by Crippen LogP contribution is -2.10. The van der Waals surface area contributed by atoms with Crippen LogP contribution in [0.25, 0.3) is 10.2 Å². The molecule has 3 aromatic rings. The number of anilines is 1. The van der Waals surface area contributed by atoms with Gasteiger partial charge >= 0.3 is 0 Å². The van der Waals surface area contributed by atoms with E-state index in [9.17, 15) is 4.39 Å². The molecule has 0 radical (unpaired) electrons. The van der Waals surface area contributed by atoms with Crippen molar-refractivity contribution in [3.8, 4) is 11.6 Å². The molecule has 0 saturated carbocycles. The Hall–Kier alpha value is -1.77. The van der Waals surface area contributed by atoms with Gasteiger partial charge in [0, 0.05) is 10.5 Å². The number of fused-ring (bicyclic) bond motifs is 1. The van der Waals surface area contributed by atoms with E-state index in [1.54, 1.807) is 6.07 Å². The van der Waals surface area contributed by atoms with Crippen molar-refractivity contribution < 1.29 is 9.13 Å². The predicted octanol–water partition coefficient (Wildman–Crippen LogP) is 3.67. The maximum atomic E-state index is 13.4. The quantitative estimate of drug-likeness (QED) is 0.554. The summed E-state index contributed by atoms with van der Waals surface area (Å²) in [7, 11) is 0. The Morgan fingerprint density at radius 1 is 1.30 bits per heavy atom. The molecule has 2 aromatic heterocycles. The SMILES string of the molecule is NNc1nc(Oc2cc(F)cc(Br)c2)c2ccsc2n1. The Kier molecular flexibility index (Phi) is 3.51. The summed E-state index contributed by atoms with van der Waals surface area (Å²) in [6.07, 6.45) is 0. The summed E-state index contributed by atoms with van der Waals surface area (Å²) in [5.41, 5.74) is 2.38. The van der Waals surface area contributed by atoms with Gasteiger partial charge in [-0.05, 0) is 23.6 Å². The van der Waals surface area contributed by atoms with Gasteiger partial charge in [-0.25, -0.2) is 15.2 Å². The molecule has 5 nitrogen and oxygen atoms in total. The average Bonchev–Trinajstić information content (AvgIpc) is 2.85. The standard InChI is InChI=1S/C12H8BrFN4OS/c13-6-3-7(14)5-8(4-6)19-10-9-1-2-20-11(9)17-12(16-10)18-15/h1-5H,15H2,(H,16,17,18). The van der Waals surface area contributed by atoms with Crippen molar-refractivity contribution >= 4 is 43.4 Å². The second kappa shape index (κ2) is 5.31. The van der Waals surface area contributed by atoms with E-state index in [-0.39, 0.29) is 5.95 Å². The van der Waals surface area contributed by atoms with Crippen LogP contribution in [0.4, 0.5) is 10.3 Å². The molecule has 3 rings (SSSR count). The molecule has 20 heavy (non-hydrogen) atoms. The van der Waals surface area contributed by atoms with Crippen LogP contribution in [0.5, 0.6) is 11.6 Å². The van der Waals surface area contributed by atoms with Crippen molar-refractivity contribution in [1.29, 1.82) is 0 Å². The van der Waals surface area contributed by atoms with E-state index in [1.165, 1.54) is 23.5 Å². The average molecular weight is 355 g/mol. The van der Waals surface area contributed by atoms with Crippen LogP contribution in [0.3, 0.4) is 0 Å². The number of hydrogen-bond donors (Lipinski definition) is 2. The number of halogens is 2. The fourth-order valence-electron chi connectivity index (χ4n) is 1.67. The highest BCUT2D eigenvalue weighted by atomic mass is 79.9. The Bertz CT molecular complexity index is 759. The number of hydrogen-bond acceptors (Lipinski definition) is 6. The maximum absolute atomic E-state index is 13.4. The third-order valence-electron chi connectivity index (χ3n) is 2.47. The van der Waals surface area contributed by atoms with Crippen LogP contribution in [0.2, 0.25) is 0 Å². The molecule has 0 amide bonds. The second-order valence-electron chi connectivity index (χ2n) is 3.84. The second-order valence-corrected chi connectivity index (χ2v) is 5.65. The summed E-state index contributed by atoms with van der Waals surface area (Å²) in [4.78, 5) is 9.08. The Morgan fingerprint density at radius 3 is 2.90 bits per heavy atom. The lowest BCUT2D eigenvalue weighted by Gasteiger charge is -2.08. The lowest BCUT2D eigenvalue weighted by molar-refractivity contribution is 0.463. The van der Waals surface area contributed by atoms with Gasteiger partial charge in [0.25, 0.3) is 0 Å². The van der Waals surface area contributed by atoms with E-state index in [4.69, 9.17) is 10.6 Å². The summed E-state index contributed by atoms with van der Waals surface area (Å²) in [6, 6.07) is 6.11. The number of thiophene rings is 1. The topological polar surface area (TPSA) is 73.1 Å². The summed E-state index contributed by atoms with van der Waals surface area (Å²) in [5, 5.41) is 2.61. The van der Waals surface area contributed by atoms with Crippen LogP contribution in [0, 0.1) is 5.82 Å². The van der Waals surface area contributed by atoms with Crippen LogP contribution in [-0.4, -0.2) is 9.97 Å². The zero-order valence-corrected chi connectivity index (χ0v) is 12.3. The van der Waals surface area contributed by atoms with Crippen LogP contribution in [-0.2, 0) is 0 Å². The Morgan fingerprint density at radius 2 is 2.15 bits per heavy atom. The van der Waals surface area contributed by atoms with Crippen molar-refractivity contribution in [2.45, 2.75) is 0 Å². The highest BCUT2D eigenvalue weighted by molar-refractivity contribution is 9.10. The molecule has 0 unspecified atom stereocenters. The first-order valence-corrected chi connectivity index (χ1v) is 7.19. The highest BCUT2D eigenvalue weighted by Crippen LogP contribution is 2.32. The van der Waals surface area contributed by atoms with E-state index in [0.717, 1.165) is 10.2 Å². The van der Waals surface area contributed by atoms with Crippen molar-refractivity contribution in [3.63, 3.8) is 0 Å². The van der Waals surface area contributed by atoms with Crippen molar-refractivity contribution in [1.82, 2.24) is 9.97 Å². The van der Waals surface area contributed by atoms with Gasteiger partial charge in [0.15, 0.2) is 0 Å². The first-order valence-electron chi connectivity index (χ1n) is 5.51. The lowest BCUT2D eigenvalue weighted by atomic mass is 10.3. The molecule has 1 aromatic carbocycles. The van der Waals surface area contributed by atoms with Gasteiger partial charge in [-0.3, -0.25) is 5.43 Å². The molecule has 0 aliphatic rings. The van der Waals surface area contributed by atoms with Crippen LogP contribution in [0.15, 0.2) is 34.1 Å². The number of nitrogens with zero attached hydrogens (tertiary/aromatic N) is 2. The molecular weight excluding hydrogens is 347 g/mol. The molecule has 0 saturated heterocycles. The van der Waals surface area contributed by atoms with E-state index in [1.807, 2.05) is 11.4 Å². The van der Waals surface area contributed by atoms with Gasteiger partial charge in [-0.2, -0.15) is 4.98 Å². The third-order valence-corrected chi connectivity index (χ3v) is 3.73. The fourth-order valence-corrected chi connectivity index (χ4v) is 2.87. The number of benzene rings is 1. The maximum Gasteiger partial charge on any atom is 0.241 e. The van der Waals surface area contributed by atoms with Crippen molar-refractivity contribution in [3.05, 3.63) is 39.9 Å². The van der Waals surface area contributed by atoms with Gasteiger partial charge < -0.3 is 4.74 Å². The highest BCUT2D eigenvalue weighted by Gasteiger charge is 2.11. The molecule has 0 bridgehead atoms. The number of nitrogen functional groups attached to an aromatic ring is 1. The van der Waals surface area contributed by atoms with Gasteiger partial charge in [-0.1, -0.05) is 15.9 Å². The molecule has 102 valence electrons. The zero-order chi connectivity index (χ0) is 14.1. The van der Waals surface area contributed by atoms with Crippen LogP contribution < -0.4 is 16.0 Å². The smallest absolute Gasteiger partial charge is 0.241 e. The summed E-state index contributed by atoms with van der Waals surface area (Å²) in [5.74, 6) is 5.83. The van der Waals surface area contributed by atoms with Gasteiger partial charge in [0.1, 0.15) is 16.4 Å². The molecule has 8 heteroatoms. The van der Waals surface area contributed by atoms with Crippen molar-refractivity contribution in [2.75, 3.05) is 5.43 Å². The van der Waals surface area contributed by atoms with E-state index < -0.39 is 5.82 Å². The van der Waals surface area contributed by atoms with Crippen molar-refractivity contribution in [2.24, 2.45) is 5.84 Å². The third kappa shape index (κ3) is 2.58. The van der Waals surface area contributed by atoms with E-state index >= 15 is 0 Å². The Labute approximate surface area is 125 Å². The molecule has 0 atom stereocenters. The van der Waals surface area contributed by atoms with E-state index in [2.05, 4.69) is 31.3 Å². The normalized spacial score (nSPS) is 10.8. The number of nitrogens with two attached hydrogens (primary N) is 1. The minimum Gasteiger partial charge on any atom is -0.438 e. The number of ether oxygens (including phenoxy) is 1. The molecule has 0 fully saturated rings. The molecule has 0 spiro atoms. The molecule has 3 N–H and O–H groups in total. The summed E-state index contributed by atoms with van der Waals surface area (Å²) in [6.45, 7) is 0. The van der Waals surface area contributed by atoms with E-state index in [0.29, 0.717) is 16.1 Å². The molecule has 0 aliphatic heterocycles. The van der Waals surface area contributed by atoms with Gasteiger partial charge in [0.05, 0.1) is 5.39 Å². The predicted molar refractivity (Wildman–Crippen MR) is 79.4 cm³/mol. The number of rotatable bonds is 3. The van der Waals surface area contributed by atoms with Gasteiger partial charge in [0.2, 0.25) is 11.8 Å². The molecule has 0 aliphatic carbocycles. The fraction of sp³-hybridized carbons (Fsp3) is 0. The Balaban J connectivity index is 2.07.